The van der Waals surface area contributed by atoms with E-state index in [4.69, 9.17) is 0 Å². The number of likely N-dealkylation sites (tertiary alicyclic amines) is 1. The summed E-state index contributed by atoms with van der Waals surface area (Å²) >= 11 is 2.13. The number of halogens is 1. The quantitative estimate of drug-likeness (QED) is 0.322. The fraction of sp³-hybridized carbons (Fsp3) is 0.818. The number of hydrogen-bond acceptors (Lipinski definition) is 2. The lowest BCUT2D eigenvalue weighted by Crippen LogP contribution is -2.44. The maximum atomic E-state index is 12.1. The average molecular weight is 323 g/mol. The molecule has 1 aliphatic heterocycles. The van der Waals surface area contributed by atoms with Crippen LogP contribution in [0.2, 0.25) is 0 Å². The lowest BCUT2D eigenvalue weighted by Gasteiger charge is -2.30. The Hall–Kier alpha value is -0.130. The monoisotopic (exact) mass is 323 g/mol. The molecular weight excluding hydrogens is 305 g/mol. The van der Waals surface area contributed by atoms with Gasteiger partial charge in [-0.15, -0.1) is 0 Å². The Bertz CT molecular complexity index is 299. The maximum Gasteiger partial charge on any atom is 0.234 e. The second kappa shape index (κ2) is 3.71. The summed E-state index contributed by atoms with van der Waals surface area (Å²) in [6.45, 7) is 9.79. The molecule has 0 aliphatic carbocycles. The van der Waals surface area contributed by atoms with Gasteiger partial charge >= 0.3 is 0 Å². The topological polar surface area (TPSA) is 37.4 Å². The molecule has 4 heteroatoms. The molecular formula is C11H18INO2. The van der Waals surface area contributed by atoms with Crippen molar-refractivity contribution in [3.05, 3.63) is 0 Å². The van der Waals surface area contributed by atoms with Crippen LogP contribution in [0.25, 0.3) is 0 Å². The highest BCUT2D eigenvalue weighted by Gasteiger charge is 2.48. The number of alkyl halides is 1. The summed E-state index contributed by atoms with van der Waals surface area (Å²) in [5.41, 5.74) is -0.136. The Kier molecular flexibility index (Phi) is 3.20. The standard InChI is InChI=1S/C11H18INO2/c1-10(2,3)7-6-8(14)13(9(7)15)11(4,5)12/h7H,6H2,1-5H3. The largest absolute Gasteiger partial charge is 0.274 e. The summed E-state index contributed by atoms with van der Waals surface area (Å²) in [7, 11) is 0. The fourth-order valence-electron chi connectivity index (χ4n) is 1.87. The second-order valence-electron chi connectivity index (χ2n) is 5.60. The van der Waals surface area contributed by atoms with Crippen LogP contribution in [0.5, 0.6) is 0 Å². The van der Waals surface area contributed by atoms with Crippen LogP contribution < -0.4 is 0 Å². The van der Waals surface area contributed by atoms with E-state index >= 15 is 0 Å². The van der Waals surface area contributed by atoms with E-state index in [-0.39, 0.29) is 23.1 Å². The molecule has 0 aromatic rings. The molecule has 1 heterocycles. The van der Waals surface area contributed by atoms with E-state index in [9.17, 15) is 9.59 Å². The van der Waals surface area contributed by atoms with Gasteiger partial charge in [0.1, 0.15) is 0 Å². The summed E-state index contributed by atoms with van der Waals surface area (Å²) in [5.74, 6) is -0.231. The van der Waals surface area contributed by atoms with E-state index in [0.717, 1.165) is 0 Å². The zero-order chi connectivity index (χ0) is 12.0. The molecule has 1 fully saturated rings. The van der Waals surface area contributed by atoms with Gasteiger partial charge in [-0.25, -0.2) is 0 Å². The highest BCUT2D eigenvalue weighted by molar-refractivity contribution is 14.1. The van der Waals surface area contributed by atoms with Crippen LogP contribution in [-0.4, -0.2) is 20.3 Å². The van der Waals surface area contributed by atoms with Gasteiger partial charge in [0.25, 0.3) is 0 Å². The van der Waals surface area contributed by atoms with Crippen LogP contribution >= 0.6 is 22.6 Å². The highest BCUT2D eigenvalue weighted by atomic mass is 127. The molecule has 0 aromatic carbocycles. The molecule has 1 atom stereocenters. The van der Waals surface area contributed by atoms with E-state index in [2.05, 4.69) is 22.6 Å². The van der Waals surface area contributed by atoms with Gasteiger partial charge < -0.3 is 0 Å². The third-order valence-electron chi connectivity index (χ3n) is 2.72. The molecule has 0 spiro atoms. The Morgan fingerprint density at radius 1 is 1.20 bits per heavy atom. The minimum Gasteiger partial charge on any atom is -0.274 e. The molecule has 0 aromatic heterocycles. The maximum absolute atomic E-state index is 12.1. The number of imide groups is 1. The van der Waals surface area contributed by atoms with Gasteiger partial charge in [0.15, 0.2) is 0 Å². The molecule has 2 amide bonds. The number of hydrogen-bond donors (Lipinski definition) is 0. The third kappa shape index (κ3) is 2.52. The van der Waals surface area contributed by atoms with Crippen molar-refractivity contribution in [2.45, 2.75) is 44.6 Å². The normalized spacial score (nSPS) is 23.9. The molecule has 1 rings (SSSR count). The number of rotatable bonds is 1. The molecule has 86 valence electrons. The Labute approximate surface area is 105 Å². The Balaban J connectivity index is 3.00. The smallest absolute Gasteiger partial charge is 0.234 e. The summed E-state index contributed by atoms with van der Waals surface area (Å²) in [6, 6.07) is 0. The first-order valence-electron chi connectivity index (χ1n) is 5.11. The van der Waals surface area contributed by atoms with Crippen LogP contribution in [0.1, 0.15) is 41.0 Å². The van der Waals surface area contributed by atoms with Gasteiger partial charge in [0, 0.05) is 6.42 Å². The minimum atomic E-state index is -0.425. The number of amides is 2. The van der Waals surface area contributed by atoms with Crippen LogP contribution in [0.15, 0.2) is 0 Å². The van der Waals surface area contributed by atoms with E-state index in [0.29, 0.717) is 6.42 Å². The van der Waals surface area contributed by atoms with E-state index in [1.807, 2.05) is 34.6 Å². The molecule has 0 N–H and O–H groups in total. The number of carbonyl (C=O) groups excluding carboxylic acids is 2. The first-order valence-corrected chi connectivity index (χ1v) is 6.19. The van der Waals surface area contributed by atoms with Crippen molar-refractivity contribution in [1.29, 1.82) is 0 Å². The molecule has 1 saturated heterocycles. The van der Waals surface area contributed by atoms with E-state index < -0.39 is 3.55 Å². The predicted octanol–water partition coefficient (Wildman–Crippen LogP) is 2.58. The molecule has 1 unspecified atom stereocenters. The number of nitrogens with zero attached hydrogens (tertiary/aromatic N) is 1. The highest BCUT2D eigenvalue weighted by Crippen LogP contribution is 2.39. The van der Waals surface area contributed by atoms with Gasteiger partial charge in [-0.1, -0.05) is 43.4 Å². The van der Waals surface area contributed by atoms with E-state index in [1.54, 1.807) is 0 Å². The van der Waals surface area contributed by atoms with Gasteiger partial charge in [0.05, 0.1) is 9.46 Å². The van der Waals surface area contributed by atoms with Gasteiger partial charge in [0.2, 0.25) is 11.8 Å². The van der Waals surface area contributed by atoms with Crippen molar-refractivity contribution in [1.82, 2.24) is 4.90 Å². The second-order valence-corrected chi connectivity index (χ2v) is 8.24. The molecule has 1 aliphatic rings. The van der Waals surface area contributed by atoms with Crippen LogP contribution in [0, 0.1) is 11.3 Å². The van der Waals surface area contributed by atoms with Gasteiger partial charge in [-0.3, -0.25) is 14.5 Å². The van der Waals surface area contributed by atoms with Crippen molar-refractivity contribution in [3.63, 3.8) is 0 Å². The van der Waals surface area contributed by atoms with Gasteiger partial charge in [-0.05, 0) is 19.3 Å². The van der Waals surface area contributed by atoms with Crippen molar-refractivity contribution in [3.8, 4) is 0 Å². The lowest BCUT2D eigenvalue weighted by atomic mass is 9.80. The van der Waals surface area contributed by atoms with Gasteiger partial charge in [-0.2, -0.15) is 0 Å². The zero-order valence-corrected chi connectivity index (χ0v) is 12.1. The minimum absolute atomic E-state index is 0.0214. The first kappa shape index (κ1) is 12.9. The zero-order valence-electron chi connectivity index (χ0n) is 9.93. The third-order valence-corrected chi connectivity index (χ3v) is 3.21. The first-order chi connectivity index (χ1) is 6.55. The SMILES string of the molecule is CC(C)(C)C1CC(=O)N(C(C)(C)I)C1=O. The van der Waals surface area contributed by atoms with Crippen LogP contribution in [0.3, 0.4) is 0 Å². The van der Waals surface area contributed by atoms with Crippen molar-refractivity contribution < 1.29 is 9.59 Å². The predicted molar refractivity (Wildman–Crippen MR) is 67.5 cm³/mol. The number of carbonyl (C=O) groups is 2. The van der Waals surface area contributed by atoms with Crippen LogP contribution in [0.4, 0.5) is 0 Å². The van der Waals surface area contributed by atoms with Crippen molar-refractivity contribution in [2.75, 3.05) is 0 Å². The summed E-state index contributed by atoms with van der Waals surface area (Å²) < 4.78 is -0.425. The lowest BCUT2D eigenvalue weighted by molar-refractivity contribution is -0.142. The molecule has 15 heavy (non-hydrogen) atoms. The molecule has 0 saturated carbocycles. The Morgan fingerprint density at radius 3 is 1.87 bits per heavy atom. The van der Waals surface area contributed by atoms with Crippen LogP contribution in [-0.2, 0) is 9.59 Å². The summed E-state index contributed by atoms with van der Waals surface area (Å²) in [6.07, 6.45) is 0.356. The average Bonchev–Trinajstić information content (AvgIpc) is 2.22. The van der Waals surface area contributed by atoms with Crippen molar-refractivity contribution in [2.24, 2.45) is 11.3 Å². The summed E-state index contributed by atoms with van der Waals surface area (Å²) in [5, 5.41) is 0. The molecule has 3 nitrogen and oxygen atoms in total. The fourth-order valence-corrected chi connectivity index (χ4v) is 2.37. The summed E-state index contributed by atoms with van der Waals surface area (Å²) in [4.78, 5) is 25.3. The van der Waals surface area contributed by atoms with Crippen molar-refractivity contribution >= 4 is 34.4 Å². The van der Waals surface area contributed by atoms with E-state index in [1.165, 1.54) is 4.90 Å². The molecule has 0 radical (unpaired) electrons. The molecule has 0 bridgehead atoms. The Morgan fingerprint density at radius 2 is 1.67 bits per heavy atom.